The van der Waals surface area contributed by atoms with Crippen LogP contribution in [0.3, 0.4) is 0 Å². The van der Waals surface area contributed by atoms with Crippen LogP contribution in [-0.4, -0.2) is 29.8 Å². The van der Waals surface area contributed by atoms with E-state index in [1.54, 1.807) is 12.1 Å². The van der Waals surface area contributed by atoms with Gasteiger partial charge in [0, 0.05) is 0 Å². The number of halogens is 2. The Morgan fingerprint density at radius 2 is 1.23 bits per heavy atom. The van der Waals surface area contributed by atoms with Crippen LogP contribution in [-0.2, 0) is 0 Å². The molecule has 0 saturated carbocycles. The molecule has 0 bridgehead atoms. The second kappa shape index (κ2) is 7.63. The molecule has 158 valence electrons. The van der Waals surface area contributed by atoms with E-state index in [0.717, 1.165) is 30.4 Å². The maximum absolute atomic E-state index is 13.9. The van der Waals surface area contributed by atoms with Crippen LogP contribution < -0.4 is 11.1 Å². The van der Waals surface area contributed by atoms with Gasteiger partial charge < -0.3 is 0 Å². The second-order valence-electron chi connectivity index (χ2n) is 8.43. The van der Waals surface area contributed by atoms with E-state index in [4.69, 9.17) is 23.2 Å². The van der Waals surface area contributed by atoms with Crippen LogP contribution in [0, 0.1) is 0 Å². The number of benzene rings is 3. The normalized spacial score (nSPS) is 12.4. The van der Waals surface area contributed by atoms with Crippen molar-refractivity contribution >= 4 is 78.5 Å². The Kier molecular flexibility index (Phi) is 5.29. The van der Waals surface area contributed by atoms with Gasteiger partial charge in [-0.25, -0.2) is 0 Å². The van der Waals surface area contributed by atoms with Gasteiger partial charge in [0.1, 0.15) is 0 Å². The van der Waals surface area contributed by atoms with Crippen molar-refractivity contribution < 1.29 is 0 Å². The molecule has 3 nitrogen and oxygen atoms in total. The summed E-state index contributed by atoms with van der Waals surface area (Å²) in [6.45, 7) is 8.32. The Balaban J connectivity index is 2.07. The number of hydrogen-bond acceptors (Lipinski definition) is 2. The van der Waals surface area contributed by atoms with Crippen molar-refractivity contribution in [1.29, 1.82) is 0 Å². The zero-order valence-electron chi connectivity index (χ0n) is 17.4. The molecule has 0 amide bonds. The third-order valence-electron chi connectivity index (χ3n) is 5.86. The van der Waals surface area contributed by atoms with Gasteiger partial charge in [0.15, 0.2) is 0 Å². The van der Waals surface area contributed by atoms with Crippen LogP contribution in [0.4, 0.5) is 0 Å². The number of rotatable bonds is 3. The predicted molar refractivity (Wildman–Crippen MR) is 134 cm³/mol. The van der Waals surface area contributed by atoms with Gasteiger partial charge in [-0.3, -0.25) is 0 Å². The Morgan fingerprint density at radius 3 is 1.65 bits per heavy atom. The summed E-state index contributed by atoms with van der Waals surface area (Å²) in [7, 11) is 0. The van der Waals surface area contributed by atoms with E-state index in [2.05, 4.69) is 27.7 Å². The fraction of sp³-hybridized carbons (Fsp3) is 0.250. The number of pyridine rings is 1. The quantitative estimate of drug-likeness (QED) is 0.254. The minimum atomic E-state index is -0.305. The molecule has 2 heterocycles. The Morgan fingerprint density at radius 1 is 0.774 bits per heavy atom. The third-order valence-corrected chi connectivity index (χ3v) is 14.2. The van der Waals surface area contributed by atoms with Gasteiger partial charge in [0.05, 0.1) is 0 Å². The van der Waals surface area contributed by atoms with E-state index >= 15 is 0 Å². The third kappa shape index (κ3) is 3.06. The molecule has 0 radical (unpaired) electrons. The number of aromatic nitrogens is 1. The van der Waals surface area contributed by atoms with E-state index < -0.39 is 0 Å². The first-order chi connectivity index (χ1) is 14.7. The molecule has 5 rings (SSSR count). The van der Waals surface area contributed by atoms with Crippen LogP contribution in [0.5, 0.6) is 0 Å². The van der Waals surface area contributed by atoms with Crippen LogP contribution in [0.2, 0.25) is 10.0 Å². The summed E-state index contributed by atoms with van der Waals surface area (Å²) >= 11 is 13.7. The molecule has 0 N–H and O–H groups in total. The Labute approximate surface area is 199 Å². The van der Waals surface area contributed by atoms with E-state index in [1.807, 2.05) is 18.2 Å². The minimum absolute atomic E-state index is 0.153. The molecule has 0 fully saturated rings. The van der Waals surface area contributed by atoms with Gasteiger partial charge in [0.2, 0.25) is 0 Å². The molecular weight excluding hydrogens is 563 g/mol. The van der Waals surface area contributed by atoms with E-state index in [9.17, 15) is 9.59 Å². The molecule has 31 heavy (non-hydrogen) atoms. The summed E-state index contributed by atoms with van der Waals surface area (Å²) in [6.07, 6.45) is 0. The average Bonchev–Trinajstić information content (AvgIpc) is 3.17. The second-order valence-corrected chi connectivity index (χ2v) is 15.3. The number of nitrogens with zero attached hydrogens (tertiary/aromatic N) is 1. The van der Waals surface area contributed by atoms with Crippen molar-refractivity contribution in [3.05, 3.63) is 72.2 Å². The molecule has 0 unspecified atom stereocenters. The molecule has 0 aliphatic rings. The van der Waals surface area contributed by atoms with Gasteiger partial charge in [-0.15, -0.1) is 0 Å². The fourth-order valence-electron chi connectivity index (χ4n) is 4.40. The molecule has 0 aliphatic heterocycles. The fourth-order valence-corrected chi connectivity index (χ4v) is 14.3. The number of hydrogen-bond donors (Lipinski definition) is 0. The molecule has 7 heteroatoms. The van der Waals surface area contributed by atoms with Crippen molar-refractivity contribution in [1.82, 2.24) is 4.57 Å². The molecule has 0 atom stereocenters. The molecule has 5 aromatic rings. The van der Waals surface area contributed by atoms with Crippen LogP contribution in [0.15, 0.2) is 39.9 Å². The van der Waals surface area contributed by atoms with Gasteiger partial charge in [-0.05, 0) is 0 Å². The van der Waals surface area contributed by atoms with Crippen molar-refractivity contribution in [2.24, 2.45) is 0 Å². The van der Waals surface area contributed by atoms with Gasteiger partial charge in [-0.1, -0.05) is 0 Å². The topological polar surface area (TPSA) is 39.1 Å². The summed E-state index contributed by atoms with van der Waals surface area (Å²) in [6, 6.07) is 9.53. The summed E-state index contributed by atoms with van der Waals surface area (Å²) in [5, 5.41) is 3.91. The standard InChI is InChI=1S/C24H19Cl2NO2Se2/c1-10(2)12-6-5-7-13(11(3)4)20(12)27-23(28)14-8-16(25)21-19-18(14)15(24(27)29)9-17(26)22(19)31-30-21/h5-11H,1-4H3. The number of para-hydroxylation sites is 1. The SMILES string of the molecule is CC(C)c1cccc(C(C)C)c1-n1c(=O)c2cc(Cl)c3[se][se]c4c(Cl)cc(c1=O)c2c34. The molecule has 0 saturated heterocycles. The van der Waals surface area contributed by atoms with Crippen molar-refractivity contribution in [2.45, 2.75) is 39.5 Å². The van der Waals surface area contributed by atoms with Crippen LogP contribution in [0.1, 0.15) is 50.7 Å². The summed E-state index contributed by atoms with van der Waals surface area (Å²) < 4.78 is 3.51. The van der Waals surface area contributed by atoms with Gasteiger partial charge >= 0.3 is 201 Å². The summed E-state index contributed by atoms with van der Waals surface area (Å²) in [5.74, 6) is 0.306. The first-order valence-electron chi connectivity index (χ1n) is 10.1. The maximum atomic E-state index is 13.9. The van der Waals surface area contributed by atoms with Crippen LogP contribution >= 0.6 is 23.2 Å². The zero-order valence-corrected chi connectivity index (χ0v) is 22.3. The van der Waals surface area contributed by atoms with E-state index in [1.165, 1.54) is 4.57 Å². The van der Waals surface area contributed by atoms with Gasteiger partial charge in [-0.2, -0.15) is 0 Å². The molecule has 0 aliphatic carbocycles. The first kappa shape index (κ1) is 21.5. The van der Waals surface area contributed by atoms with E-state index in [-0.39, 0.29) is 48.2 Å². The van der Waals surface area contributed by atoms with Crippen LogP contribution in [0.25, 0.3) is 35.8 Å². The zero-order chi connectivity index (χ0) is 22.2. The molecule has 3 aromatic carbocycles. The van der Waals surface area contributed by atoms with Gasteiger partial charge in [0.25, 0.3) is 0 Å². The summed E-state index contributed by atoms with van der Waals surface area (Å²) in [4.78, 5) is 27.7. The predicted octanol–water partition coefficient (Wildman–Crippen LogP) is 5.76. The van der Waals surface area contributed by atoms with E-state index in [0.29, 0.717) is 26.5 Å². The van der Waals surface area contributed by atoms with Crippen molar-refractivity contribution in [3.63, 3.8) is 0 Å². The molecule has 2 aromatic heterocycles. The first-order valence-corrected chi connectivity index (χ1v) is 16.9. The average molecular weight is 582 g/mol. The molecule has 0 spiro atoms. The Bertz CT molecular complexity index is 1500. The molecular formula is C24H19Cl2NO2Se2. The summed E-state index contributed by atoms with van der Waals surface area (Å²) in [5.41, 5.74) is 2.05. The Hall–Kier alpha value is -1.32. The monoisotopic (exact) mass is 583 g/mol. The van der Waals surface area contributed by atoms with Crippen molar-refractivity contribution in [3.8, 4) is 5.69 Å². The van der Waals surface area contributed by atoms with Crippen molar-refractivity contribution in [2.75, 3.05) is 0 Å².